The Morgan fingerprint density at radius 1 is 1.31 bits per heavy atom. The van der Waals surface area contributed by atoms with Crippen molar-refractivity contribution in [2.75, 3.05) is 27.9 Å². The lowest BCUT2D eigenvalue weighted by Gasteiger charge is -2.37. The highest BCUT2D eigenvalue weighted by Gasteiger charge is 2.49. The minimum atomic E-state index is -2.96. The Hall–Kier alpha value is -0.473. The van der Waals surface area contributed by atoms with E-state index in [-0.39, 0.29) is 0 Å². The van der Waals surface area contributed by atoms with Gasteiger partial charge in [-0.3, -0.25) is 4.79 Å². The van der Waals surface area contributed by atoms with Crippen LogP contribution in [0, 0.1) is 0 Å². The third-order valence-electron chi connectivity index (χ3n) is 2.47. The minimum Gasteiger partial charge on any atom is -0.368 e. The Labute approximate surface area is 98.1 Å². The summed E-state index contributed by atoms with van der Waals surface area (Å²) in [5.74, 6) is -0.420. The van der Waals surface area contributed by atoms with E-state index in [1.165, 1.54) is 21.3 Å². The molecule has 0 aliphatic carbocycles. The summed E-state index contributed by atoms with van der Waals surface area (Å²) in [6, 6.07) is -0.480. The monoisotopic (exact) mass is 250 g/mol. The fourth-order valence-electron chi connectivity index (χ4n) is 1.56. The largest absolute Gasteiger partial charge is 0.599 e. The quantitative estimate of drug-likeness (QED) is 0.611. The predicted octanol–water partition coefficient (Wildman–Crippen LogP) is -0.0530. The van der Waals surface area contributed by atoms with Crippen LogP contribution >= 0.6 is 0 Å². The molecule has 96 valence electrons. The summed E-state index contributed by atoms with van der Waals surface area (Å²) in [4.78, 5) is 11.2. The normalized spacial score (nSPS) is 14.1. The second-order valence-corrected chi connectivity index (χ2v) is 6.25. The molecule has 0 saturated heterocycles. The smallest absolute Gasteiger partial charge is 0.368 e. The van der Waals surface area contributed by atoms with Gasteiger partial charge in [0.1, 0.15) is 0 Å². The van der Waals surface area contributed by atoms with Gasteiger partial charge in [-0.15, -0.1) is 0 Å². The Morgan fingerprint density at radius 3 is 2.00 bits per heavy atom. The molecule has 0 aliphatic rings. The van der Waals surface area contributed by atoms with Gasteiger partial charge in [0.15, 0.2) is 0 Å². The fraction of sp³-hybridized carbons (Fsp3) is 0.889. The molecule has 16 heavy (non-hydrogen) atoms. The molecule has 2 N–H and O–H groups in total. The topological polar surface area (TPSA) is 74.0 Å². The number of rotatable bonds is 8. The molecule has 0 radical (unpaired) electrons. The number of carbonyl (C=O) groups excluding carboxylic acids is 1. The Balaban J connectivity index is 5.05. The van der Waals surface area contributed by atoms with Gasteiger partial charge in [0.2, 0.25) is 5.91 Å². The second-order valence-electron chi connectivity index (χ2n) is 3.41. The maximum Gasteiger partial charge on any atom is 0.599 e. The summed E-state index contributed by atoms with van der Waals surface area (Å²) < 4.78 is 17.8. The third-order valence-corrected chi connectivity index (χ3v) is 5.33. The summed E-state index contributed by atoms with van der Waals surface area (Å²) in [5.41, 5.74) is 5.30. The van der Waals surface area contributed by atoms with Crippen LogP contribution in [0.15, 0.2) is 0 Å². The van der Waals surface area contributed by atoms with Crippen molar-refractivity contribution in [3.8, 4) is 0 Å². The van der Waals surface area contributed by atoms with E-state index in [2.05, 4.69) is 0 Å². The predicted molar refractivity (Wildman–Crippen MR) is 62.4 cm³/mol. The summed E-state index contributed by atoms with van der Waals surface area (Å²) in [6.45, 7) is 4.35. The Kier molecular flexibility index (Phi) is 6.76. The maximum atomic E-state index is 11.2. The standard InChI is InChI=1S/C9H22N2O4Si/c1-6-7-11(8(2)9(10)12)16(13-3,14-4)15-5/h8H,6-7H2,1-5H3,(H2,10,12). The third kappa shape index (κ3) is 3.26. The van der Waals surface area contributed by atoms with E-state index >= 15 is 0 Å². The first kappa shape index (κ1) is 15.5. The van der Waals surface area contributed by atoms with Gasteiger partial charge in [-0.25, -0.2) is 4.57 Å². The highest BCUT2D eigenvalue weighted by molar-refractivity contribution is 6.57. The molecular weight excluding hydrogens is 228 g/mol. The molecule has 0 aromatic carbocycles. The fourth-order valence-corrected chi connectivity index (χ4v) is 3.87. The van der Waals surface area contributed by atoms with Crippen LogP contribution in [0.25, 0.3) is 0 Å². The summed E-state index contributed by atoms with van der Waals surface area (Å²) in [6.07, 6.45) is 0.850. The van der Waals surface area contributed by atoms with E-state index in [9.17, 15) is 4.79 Å². The number of hydrogen-bond acceptors (Lipinski definition) is 5. The Morgan fingerprint density at radius 2 is 1.75 bits per heavy atom. The van der Waals surface area contributed by atoms with Crippen LogP contribution in [0.2, 0.25) is 0 Å². The number of carbonyl (C=O) groups is 1. The van der Waals surface area contributed by atoms with Crippen LogP contribution in [0.1, 0.15) is 20.3 Å². The zero-order valence-electron chi connectivity index (χ0n) is 10.6. The van der Waals surface area contributed by atoms with Crippen LogP contribution in [0.5, 0.6) is 0 Å². The van der Waals surface area contributed by atoms with Crippen molar-refractivity contribution in [3.63, 3.8) is 0 Å². The molecule has 1 unspecified atom stereocenters. The van der Waals surface area contributed by atoms with E-state index in [0.29, 0.717) is 6.54 Å². The zero-order valence-corrected chi connectivity index (χ0v) is 11.6. The summed E-state index contributed by atoms with van der Waals surface area (Å²) in [7, 11) is 1.57. The second kappa shape index (κ2) is 6.97. The first-order chi connectivity index (χ1) is 7.48. The van der Waals surface area contributed by atoms with E-state index < -0.39 is 20.9 Å². The first-order valence-corrected chi connectivity index (χ1v) is 6.87. The van der Waals surface area contributed by atoms with Gasteiger partial charge >= 0.3 is 8.97 Å². The lowest BCUT2D eigenvalue weighted by Crippen LogP contribution is -2.64. The van der Waals surface area contributed by atoms with Gasteiger partial charge in [-0.1, -0.05) is 6.92 Å². The molecule has 0 saturated carbocycles. The van der Waals surface area contributed by atoms with Gasteiger partial charge in [-0.05, 0) is 19.9 Å². The van der Waals surface area contributed by atoms with Crippen molar-refractivity contribution in [3.05, 3.63) is 0 Å². The van der Waals surface area contributed by atoms with E-state index in [1.807, 2.05) is 6.92 Å². The van der Waals surface area contributed by atoms with Crippen LogP contribution in [0.4, 0.5) is 0 Å². The van der Waals surface area contributed by atoms with Crippen molar-refractivity contribution >= 4 is 14.9 Å². The molecule has 1 amide bonds. The van der Waals surface area contributed by atoms with Crippen LogP contribution < -0.4 is 5.73 Å². The van der Waals surface area contributed by atoms with Gasteiger partial charge in [0.25, 0.3) is 0 Å². The summed E-state index contributed by atoms with van der Waals surface area (Å²) in [5, 5.41) is 0. The van der Waals surface area contributed by atoms with Crippen LogP contribution in [-0.2, 0) is 18.1 Å². The van der Waals surface area contributed by atoms with Crippen LogP contribution in [0.3, 0.4) is 0 Å². The summed E-state index contributed by atoms with van der Waals surface area (Å²) >= 11 is 0. The highest BCUT2D eigenvalue weighted by atomic mass is 28.4. The van der Waals surface area contributed by atoms with Crippen molar-refractivity contribution in [2.45, 2.75) is 26.3 Å². The SMILES string of the molecule is CCCN(C(C)C(N)=O)[Si](OC)(OC)OC. The molecule has 7 heteroatoms. The lowest BCUT2D eigenvalue weighted by molar-refractivity contribution is -0.122. The maximum absolute atomic E-state index is 11.2. The molecule has 0 spiro atoms. The zero-order chi connectivity index (χ0) is 12.8. The average molecular weight is 250 g/mol. The van der Waals surface area contributed by atoms with Gasteiger partial charge in [-0.2, -0.15) is 0 Å². The van der Waals surface area contributed by atoms with Crippen molar-refractivity contribution in [1.29, 1.82) is 0 Å². The molecule has 0 heterocycles. The molecule has 6 nitrogen and oxygen atoms in total. The molecule has 1 atom stereocenters. The first-order valence-electron chi connectivity index (χ1n) is 5.20. The van der Waals surface area contributed by atoms with Crippen molar-refractivity contribution < 1.29 is 18.1 Å². The van der Waals surface area contributed by atoms with Gasteiger partial charge in [0, 0.05) is 21.3 Å². The number of nitrogens with two attached hydrogens (primary N) is 1. The molecule has 0 bridgehead atoms. The van der Waals surface area contributed by atoms with Gasteiger partial charge in [0.05, 0.1) is 6.04 Å². The van der Waals surface area contributed by atoms with E-state index in [4.69, 9.17) is 19.0 Å². The van der Waals surface area contributed by atoms with Crippen molar-refractivity contribution in [2.24, 2.45) is 5.73 Å². The highest BCUT2D eigenvalue weighted by Crippen LogP contribution is 2.17. The lowest BCUT2D eigenvalue weighted by atomic mass is 10.3. The molecule has 0 aromatic heterocycles. The van der Waals surface area contributed by atoms with Crippen LogP contribution in [-0.4, -0.2) is 53.4 Å². The average Bonchev–Trinajstić information content (AvgIpc) is 2.29. The Bertz CT molecular complexity index is 215. The molecule has 0 aromatic rings. The molecule has 0 aliphatic heterocycles. The number of primary amides is 1. The number of nitrogens with zero attached hydrogens (tertiary/aromatic N) is 1. The number of hydrogen-bond donors (Lipinski definition) is 1. The minimum absolute atomic E-state index is 0.420. The van der Waals surface area contributed by atoms with Crippen molar-refractivity contribution in [1.82, 2.24) is 4.57 Å². The van der Waals surface area contributed by atoms with E-state index in [0.717, 1.165) is 6.42 Å². The number of amides is 1. The van der Waals surface area contributed by atoms with E-state index in [1.54, 1.807) is 11.5 Å². The molecular formula is C9H22N2O4Si. The molecule has 0 fully saturated rings. The van der Waals surface area contributed by atoms with Gasteiger partial charge < -0.3 is 19.0 Å². The molecule has 0 rings (SSSR count).